The molecule has 5 nitrogen and oxygen atoms in total. The van der Waals surface area contributed by atoms with Crippen LogP contribution in [0.5, 0.6) is 5.75 Å². The molecule has 0 spiro atoms. The van der Waals surface area contributed by atoms with E-state index >= 15 is 0 Å². The van der Waals surface area contributed by atoms with Crippen molar-refractivity contribution in [2.24, 2.45) is 0 Å². The van der Waals surface area contributed by atoms with E-state index in [1.165, 1.54) is 12.1 Å². The van der Waals surface area contributed by atoms with Gasteiger partial charge < -0.3 is 14.5 Å². The summed E-state index contributed by atoms with van der Waals surface area (Å²) in [4.78, 5) is 25.5. The fourth-order valence-corrected chi connectivity index (χ4v) is 3.31. The van der Waals surface area contributed by atoms with Gasteiger partial charge in [-0.15, -0.1) is 0 Å². The number of anilines is 1. The Kier molecular flexibility index (Phi) is 5.91. The molecular formula is C25H18F3NO4. The summed E-state index contributed by atoms with van der Waals surface area (Å²) < 4.78 is 51.0. The smallest absolute Gasteiger partial charge is 0.418 e. The molecule has 0 saturated carbocycles. The summed E-state index contributed by atoms with van der Waals surface area (Å²) in [5, 5.41) is 2.45. The second kappa shape index (κ2) is 8.82. The Labute approximate surface area is 186 Å². The molecule has 1 amide bonds. The third kappa shape index (κ3) is 4.74. The molecule has 168 valence electrons. The van der Waals surface area contributed by atoms with Gasteiger partial charge in [-0.3, -0.25) is 9.59 Å². The molecule has 0 saturated heterocycles. The van der Waals surface area contributed by atoms with Gasteiger partial charge in [-0.05, 0) is 31.2 Å². The highest BCUT2D eigenvalue weighted by Crippen LogP contribution is 2.35. The van der Waals surface area contributed by atoms with Gasteiger partial charge in [-0.25, -0.2) is 0 Å². The highest BCUT2D eigenvalue weighted by molar-refractivity contribution is 5.93. The van der Waals surface area contributed by atoms with Gasteiger partial charge in [0, 0.05) is 5.56 Å². The monoisotopic (exact) mass is 453 g/mol. The number of benzene rings is 3. The van der Waals surface area contributed by atoms with Crippen molar-refractivity contribution >= 4 is 22.6 Å². The van der Waals surface area contributed by atoms with Crippen molar-refractivity contribution < 1.29 is 27.1 Å². The third-order valence-electron chi connectivity index (χ3n) is 4.92. The highest BCUT2D eigenvalue weighted by atomic mass is 19.4. The lowest BCUT2D eigenvalue weighted by molar-refractivity contribution is -0.137. The van der Waals surface area contributed by atoms with Gasteiger partial charge in [0.05, 0.1) is 16.6 Å². The first-order valence-electron chi connectivity index (χ1n) is 9.96. The number of hydrogen-bond donors (Lipinski definition) is 1. The molecule has 1 N–H and O–H groups in total. The van der Waals surface area contributed by atoms with E-state index in [-0.39, 0.29) is 16.9 Å². The van der Waals surface area contributed by atoms with Crippen LogP contribution >= 0.6 is 0 Å². The molecule has 3 aromatic carbocycles. The number of carbonyl (C=O) groups excluding carboxylic acids is 1. The van der Waals surface area contributed by atoms with Crippen LogP contribution in [0.4, 0.5) is 18.9 Å². The van der Waals surface area contributed by atoms with Crippen LogP contribution in [0.3, 0.4) is 0 Å². The summed E-state index contributed by atoms with van der Waals surface area (Å²) in [6.07, 6.45) is -4.64. The first-order chi connectivity index (χ1) is 15.7. The van der Waals surface area contributed by atoms with E-state index in [0.717, 1.165) is 17.7 Å². The average Bonchev–Trinajstić information content (AvgIpc) is 2.78. The van der Waals surface area contributed by atoms with Gasteiger partial charge in [-0.2, -0.15) is 13.2 Å². The number of fused-ring (bicyclic) bond motifs is 1. The van der Waals surface area contributed by atoms with E-state index in [2.05, 4.69) is 5.32 Å². The Hall–Kier alpha value is -4.07. The van der Waals surface area contributed by atoms with Crippen molar-refractivity contribution in [2.45, 2.75) is 13.1 Å². The van der Waals surface area contributed by atoms with Crippen LogP contribution in [0.2, 0.25) is 0 Å². The van der Waals surface area contributed by atoms with Gasteiger partial charge in [0.2, 0.25) is 11.2 Å². The van der Waals surface area contributed by atoms with E-state index in [4.69, 9.17) is 9.15 Å². The molecular weight excluding hydrogens is 435 g/mol. The summed E-state index contributed by atoms with van der Waals surface area (Å²) in [5.41, 5.74) is 0.0186. The molecule has 4 aromatic rings. The SMILES string of the molecule is Cc1ccc(-c2oc3ccccc3c(=O)c2OCC(=O)Nc2ccccc2C(F)(F)F)cc1. The maximum Gasteiger partial charge on any atom is 0.418 e. The molecule has 1 heterocycles. The Balaban J connectivity index is 1.66. The molecule has 1 aromatic heterocycles. The summed E-state index contributed by atoms with van der Waals surface area (Å²) in [5.74, 6) is -0.923. The van der Waals surface area contributed by atoms with E-state index < -0.39 is 35.4 Å². The molecule has 0 unspecified atom stereocenters. The largest absolute Gasteiger partial charge is 0.476 e. The van der Waals surface area contributed by atoms with E-state index in [9.17, 15) is 22.8 Å². The zero-order valence-corrected chi connectivity index (χ0v) is 17.4. The quantitative estimate of drug-likeness (QED) is 0.414. The molecule has 4 rings (SSSR count). The predicted octanol–water partition coefficient (Wildman–Crippen LogP) is 5.80. The van der Waals surface area contributed by atoms with Gasteiger partial charge in [0.1, 0.15) is 5.58 Å². The van der Waals surface area contributed by atoms with Crippen LogP contribution in [-0.4, -0.2) is 12.5 Å². The van der Waals surface area contributed by atoms with Crippen molar-refractivity contribution in [2.75, 3.05) is 11.9 Å². The van der Waals surface area contributed by atoms with Crippen LogP contribution in [0.25, 0.3) is 22.3 Å². The second-order valence-corrected chi connectivity index (χ2v) is 7.33. The average molecular weight is 453 g/mol. The molecule has 0 fully saturated rings. The predicted molar refractivity (Wildman–Crippen MR) is 118 cm³/mol. The molecule has 0 atom stereocenters. The van der Waals surface area contributed by atoms with E-state index in [1.54, 1.807) is 36.4 Å². The van der Waals surface area contributed by atoms with Crippen molar-refractivity contribution in [1.82, 2.24) is 0 Å². The fourth-order valence-electron chi connectivity index (χ4n) is 3.31. The number of hydrogen-bond acceptors (Lipinski definition) is 4. The molecule has 0 radical (unpaired) electrons. The van der Waals surface area contributed by atoms with Crippen LogP contribution in [0.1, 0.15) is 11.1 Å². The standard InChI is InChI=1S/C25H18F3NO4/c1-15-10-12-16(13-11-15)23-24(22(31)17-6-2-5-9-20(17)33-23)32-14-21(30)29-19-8-4-3-7-18(19)25(26,27)28/h2-13H,14H2,1H3,(H,29,30). The minimum atomic E-state index is -4.64. The lowest BCUT2D eigenvalue weighted by atomic mass is 10.1. The minimum absolute atomic E-state index is 0.127. The Bertz CT molecular complexity index is 1380. The minimum Gasteiger partial charge on any atom is -0.476 e. The van der Waals surface area contributed by atoms with Crippen molar-refractivity contribution in [3.63, 3.8) is 0 Å². The maximum absolute atomic E-state index is 13.2. The topological polar surface area (TPSA) is 68.5 Å². The van der Waals surface area contributed by atoms with Gasteiger partial charge >= 0.3 is 6.18 Å². The Morgan fingerprint density at radius 1 is 0.970 bits per heavy atom. The first kappa shape index (κ1) is 22.1. The lowest BCUT2D eigenvalue weighted by Gasteiger charge is -2.14. The lowest BCUT2D eigenvalue weighted by Crippen LogP contribution is -2.24. The number of rotatable bonds is 5. The molecule has 0 bridgehead atoms. The normalized spacial score (nSPS) is 11.4. The summed E-state index contributed by atoms with van der Waals surface area (Å²) in [7, 11) is 0. The number of para-hydroxylation sites is 2. The van der Waals surface area contributed by atoms with E-state index in [0.29, 0.717) is 11.1 Å². The van der Waals surface area contributed by atoms with Crippen LogP contribution in [0.15, 0.2) is 82.0 Å². The Morgan fingerprint density at radius 2 is 1.64 bits per heavy atom. The number of alkyl halides is 3. The second-order valence-electron chi connectivity index (χ2n) is 7.33. The van der Waals surface area contributed by atoms with Crippen LogP contribution in [-0.2, 0) is 11.0 Å². The number of aryl methyl sites for hydroxylation is 1. The summed E-state index contributed by atoms with van der Waals surface area (Å²) in [6, 6.07) is 18.3. The van der Waals surface area contributed by atoms with Crippen LogP contribution < -0.4 is 15.5 Å². The highest BCUT2D eigenvalue weighted by Gasteiger charge is 2.33. The number of nitrogens with one attached hydrogen (secondary N) is 1. The number of halogens is 3. The molecule has 0 aliphatic carbocycles. The van der Waals surface area contributed by atoms with E-state index in [1.807, 2.05) is 19.1 Å². The van der Waals surface area contributed by atoms with Gasteiger partial charge in [0.25, 0.3) is 5.91 Å². The van der Waals surface area contributed by atoms with Crippen molar-refractivity contribution in [3.05, 3.63) is 94.1 Å². The summed E-state index contributed by atoms with van der Waals surface area (Å²) in [6.45, 7) is 1.22. The zero-order valence-electron chi connectivity index (χ0n) is 17.4. The number of carbonyl (C=O) groups is 1. The van der Waals surface area contributed by atoms with Crippen molar-refractivity contribution in [3.8, 4) is 17.1 Å². The zero-order chi connectivity index (χ0) is 23.6. The summed E-state index contributed by atoms with van der Waals surface area (Å²) >= 11 is 0. The first-order valence-corrected chi connectivity index (χ1v) is 9.96. The Morgan fingerprint density at radius 3 is 2.36 bits per heavy atom. The molecule has 33 heavy (non-hydrogen) atoms. The molecule has 0 aliphatic heterocycles. The fraction of sp³-hybridized carbons (Fsp3) is 0.120. The van der Waals surface area contributed by atoms with Gasteiger partial charge in [0.15, 0.2) is 12.4 Å². The molecule has 0 aliphatic rings. The number of amides is 1. The maximum atomic E-state index is 13.2. The molecule has 8 heteroatoms. The number of ether oxygens (including phenoxy) is 1. The third-order valence-corrected chi connectivity index (χ3v) is 4.92. The van der Waals surface area contributed by atoms with Gasteiger partial charge in [-0.1, -0.05) is 54.1 Å². The van der Waals surface area contributed by atoms with Crippen LogP contribution in [0, 0.1) is 6.92 Å². The van der Waals surface area contributed by atoms with Crippen molar-refractivity contribution in [1.29, 1.82) is 0 Å².